The van der Waals surface area contributed by atoms with E-state index in [1.54, 1.807) is 61.7 Å². The van der Waals surface area contributed by atoms with Gasteiger partial charge in [-0.15, -0.1) is 11.3 Å². The number of hydrogen-bond acceptors (Lipinski definition) is 6. The van der Waals surface area contributed by atoms with E-state index in [0.29, 0.717) is 32.6 Å². The summed E-state index contributed by atoms with van der Waals surface area (Å²) in [4.78, 5) is 25.2. The number of nitrogens with one attached hydrogen (secondary N) is 1. The second kappa shape index (κ2) is 9.94. The van der Waals surface area contributed by atoms with Crippen LogP contribution in [0.1, 0.15) is 25.6 Å². The molecule has 1 heterocycles. The highest BCUT2D eigenvalue weighted by atomic mass is 35.5. The number of carbonyl (C=O) groups excluding carboxylic acids is 2. The maximum absolute atomic E-state index is 12.9. The molecule has 0 fully saturated rings. The van der Waals surface area contributed by atoms with E-state index in [2.05, 4.69) is 5.32 Å². The Kier molecular flexibility index (Phi) is 6.82. The lowest BCUT2D eigenvalue weighted by molar-refractivity contribution is 0.0606. The first kappa shape index (κ1) is 22.6. The van der Waals surface area contributed by atoms with E-state index in [-0.39, 0.29) is 18.5 Å². The van der Waals surface area contributed by atoms with Crippen LogP contribution in [-0.4, -0.2) is 26.1 Å². The van der Waals surface area contributed by atoms with E-state index >= 15 is 0 Å². The van der Waals surface area contributed by atoms with Gasteiger partial charge in [0.15, 0.2) is 0 Å². The second-order valence-corrected chi connectivity index (χ2v) is 8.60. The molecule has 0 atom stereocenters. The third kappa shape index (κ3) is 5.27. The molecular weight excluding hydrogens is 462 g/mol. The monoisotopic (exact) mass is 481 g/mol. The molecule has 0 unspecified atom stereocenters. The van der Waals surface area contributed by atoms with Gasteiger partial charge in [0.25, 0.3) is 5.91 Å². The van der Waals surface area contributed by atoms with Gasteiger partial charge < -0.3 is 19.5 Å². The van der Waals surface area contributed by atoms with Gasteiger partial charge >= 0.3 is 5.97 Å². The zero-order chi connectivity index (χ0) is 23.4. The van der Waals surface area contributed by atoms with Crippen LogP contribution < -0.4 is 14.8 Å². The van der Waals surface area contributed by atoms with Gasteiger partial charge in [-0.3, -0.25) is 4.79 Å². The Labute approximate surface area is 199 Å². The van der Waals surface area contributed by atoms with E-state index < -0.39 is 0 Å². The van der Waals surface area contributed by atoms with Crippen LogP contribution in [0.2, 0.25) is 5.02 Å². The number of thiophene rings is 1. The molecule has 1 aromatic heterocycles. The average Bonchev–Trinajstić information content (AvgIpc) is 3.26. The van der Waals surface area contributed by atoms with Crippen molar-refractivity contribution in [3.63, 3.8) is 0 Å². The van der Waals surface area contributed by atoms with E-state index in [0.717, 1.165) is 15.6 Å². The zero-order valence-electron chi connectivity index (χ0n) is 17.9. The minimum atomic E-state index is -0.381. The quantitative estimate of drug-likeness (QED) is 0.319. The number of carbonyl (C=O) groups is 2. The van der Waals surface area contributed by atoms with Crippen molar-refractivity contribution in [2.45, 2.75) is 6.61 Å². The van der Waals surface area contributed by atoms with Gasteiger partial charge in [-0.25, -0.2) is 4.79 Å². The van der Waals surface area contributed by atoms with Crippen LogP contribution in [0.4, 0.5) is 5.69 Å². The summed E-state index contributed by atoms with van der Waals surface area (Å²) in [6.45, 7) is 0.225. The number of ether oxygens (including phenoxy) is 3. The maximum Gasteiger partial charge on any atom is 0.348 e. The molecule has 168 valence electrons. The largest absolute Gasteiger partial charge is 0.496 e. The standard InChI is InChI=1S/C25H20ClNO5S/c1-30-21-9-3-15(11-17(21)14-32-20-7-4-18(26)5-8-20)24(28)27-19-6-10-22-16(12-19)13-23(33-22)25(29)31-2/h3-13H,14H2,1-2H3,(H,27,28). The number of esters is 1. The summed E-state index contributed by atoms with van der Waals surface area (Å²) in [6, 6.07) is 19.4. The number of fused-ring (bicyclic) bond motifs is 1. The van der Waals surface area contributed by atoms with Gasteiger partial charge in [-0.1, -0.05) is 11.6 Å². The van der Waals surface area contributed by atoms with Crippen molar-refractivity contribution < 1.29 is 23.8 Å². The van der Waals surface area contributed by atoms with Crippen LogP contribution in [0.5, 0.6) is 11.5 Å². The average molecular weight is 482 g/mol. The molecular formula is C25H20ClNO5S. The lowest BCUT2D eigenvalue weighted by atomic mass is 10.1. The van der Waals surface area contributed by atoms with E-state index in [1.165, 1.54) is 18.4 Å². The summed E-state index contributed by atoms with van der Waals surface area (Å²) in [7, 11) is 2.92. The molecule has 6 nitrogen and oxygen atoms in total. The molecule has 0 aliphatic heterocycles. The summed E-state index contributed by atoms with van der Waals surface area (Å²) in [5, 5.41) is 4.38. The van der Waals surface area contributed by atoms with E-state index in [9.17, 15) is 9.59 Å². The van der Waals surface area contributed by atoms with Crippen LogP contribution in [0, 0.1) is 0 Å². The van der Waals surface area contributed by atoms with Gasteiger partial charge in [-0.2, -0.15) is 0 Å². The number of hydrogen-bond donors (Lipinski definition) is 1. The second-order valence-electron chi connectivity index (χ2n) is 7.08. The Bertz CT molecular complexity index is 1320. The van der Waals surface area contributed by atoms with E-state index in [4.69, 9.17) is 25.8 Å². The van der Waals surface area contributed by atoms with Crippen LogP contribution in [0.15, 0.2) is 66.7 Å². The van der Waals surface area contributed by atoms with Crippen LogP contribution in [0.3, 0.4) is 0 Å². The minimum absolute atomic E-state index is 0.225. The van der Waals surface area contributed by atoms with Gasteiger partial charge in [0.1, 0.15) is 23.0 Å². The molecule has 33 heavy (non-hydrogen) atoms. The Morgan fingerprint density at radius 3 is 2.48 bits per heavy atom. The molecule has 0 aliphatic carbocycles. The predicted octanol–water partition coefficient (Wildman–Crippen LogP) is 6.18. The van der Waals surface area contributed by atoms with E-state index in [1.807, 2.05) is 12.1 Å². The topological polar surface area (TPSA) is 73.9 Å². The van der Waals surface area contributed by atoms with Crippen molar-refractivity contribution in [1.82, 2.24) is 0 Å². The number of halogens is 1. The summed E-state index contributed by atoms with van der Waals surface area (Å²) in [5.41, 5.74) is 1.82. The summed E-state index contributed by atoms with van der Waals surface area (Å²) >= 11 is 7.25. The Morgan fingerprint density at radius 2 is 1.76 bits per heavy atom. The Hall–Kier alpha value is -3.55. The molecule has 0 radical (unpaired) electrons. The van der Waals surface area contributed by atoms with Gasteiger partial charge in [0.2, 0.25) is 0 Å². The highest BCUT2D eigenvalue weighted by Crippen LogP contribution is 2.29. The fourth-order valence-corrected chi connectivity index (χ4v) is 4.34. The zero-order valence-corrected chi connectivity index (χ0v) is 19.5. The first-order valence-electron chi connectivity index (χ1n) is 9.95. The van der Waals surface area contributed by atoms with Crippen molar-refractivity contribution in [2.75, 3.05) is 19.5 Å². The number of rotatable bonds is 7. The molecule has 0 bridgehead atoms. The lowest BCUT2D eigenvalue weighted by Crippen LogP contribution is -2.12. The minimum Gasteiger partial charge on any atom is -0.496 e. The molecule has 0 saturated heterocycles. The Morgan fingerprint density at radius 1 is 0.970 bits per heavy atom. The number of amides is 1. The predicted molar refractivity (Wildman–Crippen MR) is 130 cm³/mol. The smallest absolute Gasteiger partial charge is 0.348 e. The molecule has 0 aliphatic rings. The van der Waals surface area contributed by atoms with Crippen LogP contribution in [0.25, 0.3) is 10.1 Å². The molecule has 3 aromatic carbocycles. The molecule has 0 saturated carbocycles. The van der Waals surface area contributed by atoms with Crippen LogP contribution in [-0.2, 0) is 11.3 Å². The summed E-state index contributed by atoms with van der Waals surface area (Å²) < 4.78 is 16.9. The molecule has 1 amide bonds. The molecule has 0 spiro atoms. The number of methoxy groups -OCH3 is 2. The van der Waals surface area contributed by atoms with Gasteiger partial charge in [0.05, 0.1) is 14.2 Å². The number of anilines is 1. The van der Waals surface area contributed by atoms with Gasteiger partial charge in [0, 0.05) is 26.5 Å². The molecule has 4 rings (SSSR count). The van der Waals surface area contributed by atoms with Crippen LogP contribution >= 0.6 is 22.9 Å². The third-order valence-corrected chi connectivity index (χ3v) is 6.26. The first-order valence-corrected chi connectivity index (χ1v) is 11.1. The van der Waals surface area contributed by atoms with Crippen molar-refractivity contribution in [1.29, 1.82) is 0 Å². The van der Waals surface area contributed by atoms with Crippen molar-refractivity contribution >= 4 is 50.6 Å². The first-order chi connectivity index (χ1) is 16.0. The summed E-state index contributed by atoms with van der Waals surface area (Å²) in [5.74, 6) is 0.628. The maximum atomic E-state index is 12.9. The van der Waals surface area contributed by atoms with Crippen molar-refractivity contribution in [3.05, 3.63) is 87.8 Å². The molecule has 8 heteroatoms. The Balaban J connectivity index is 1.51. The third-order valence-electron chi connectivity index (χ3n) is 4.91. The normalized spacial score (nSPS) is 10.6. The van der Waals surface area contributed by atoms with Crippen molar-refractivity contribution in [2.24, 2.45) is 0 Å². The fraction of sp³-hybridized carbons (Fsp3) is 0.120. The SMILES string of the molecule is COC(=O)c1cc2cc(NC(=O)c3ccc(OC)c(COc4ccc(Cl)cc4)c3)ccc2s1. The fourth-order valence-electron chi connectivity index (χ4n) is 3.25. The highest BCUT2D eigenvalue weighted by molar-refractivity contribution is 7.20. The lowest BCUT2D eigenvalue weighted by Gasteiger charge is -2.12. The number of benzene rings is 3. The molecule has 4 aromatic rings. The molecule has 1 N–H and O–H groups in total. The van der Waals surface area contributed by atoms with Crippen molar-refractivity contribution in [3.8, 4) is 11.5 Å². The highest BCUT2D eigenvalue weighted by Gasteiger charge is 2.14. The van der Waals surface area contributed by atoms with Gasteiger partial charge in [-0.05, 0) is 72.1 Å². The summed E-state index contributed by atoms with van der Waals surface area (Å²) in [6.07, 6.45) is 0.